The summed E-state index contributed by atoms with van der Waals surface area (Å²) in [6, 6.07) is 17.2. The predicted octanol–water partition coefficient (Wildman–Crippen LogP) is 6.71. The number of rotatable bonds is 17. The number of carboxylic acid groups (broad SMARTS) is 1. The number of aliphatic carboxylic acids is 1. The Labute approximate surface area is 259 Å². The zero-order chi connectivity index (χ0) is 31.2. The van der Waals surface area contributed by atoms with Crippen LogP contribution in [0.5, 0.6) is 11.5 Å². The molecule has 0 aliphatic rings. The minimum Gasteiger partial charge on any atom is -0.493 e. The van der Waals surface area contributed by atoms with E-state index in [1.807, 2.05) is 0 Å². The van der Waals surface area contributed by atoms with E-state index in [1.165, 1.54) is 24.3 Å². The Hall–Kier alpha value is -4.06. The number of anilines is 1. The lowest BCUT2D eigenvalue weighted by Crippen LogP contribution is -2.38. The Bertz CT molecular complexity index is 1340. The smallest absolute Gasteiger partial charge is 0.333 e. The summed E-state index contributed by atoms with van der Waals surface area (Å²) >= 11 is 12.0. The van der Waals surface area contributed by atoms with Crippen molar-refractivity contribution in [3.63, 3.8) is 0 Å². The van der Waals surface area contributed by atoms with Gasteiger partial charge in [0.05, 0.1) is 18.1 Å². The van der Waals surface area contributed by atoms with Gasteiger partial charge in [0.25, 0.3) is 5.69 Å². The molecule has 1 atom stereocenters. The molecule has 13 heteroatoms. The Morgan fingerprint density at radius 2 is 1.58 bits per heavy atom. The van der Waals surface area contributed by atoms with E-state index < -0.39 is 17.0 Å². The van der Waals surface area contributed by atoms with Crippen molar-refractivity contribution in [2.45, 2.75) is 32.3 Å². The minimum absolute atomic E-state index is 0.0772. The van der Waals surface area contributed by atoms with Crippen LogP contribution in [0.3, 0.4) is 0 Å². The van der Waals surface area contributed by atoms with E-state index >= 15 is 0 Å². The average Bonchev–Trinajstić information content (AvgIpc) is 2.96. The van der Waals surface area contributed by atoms with Crippen LogP contribution in [0.4, 0.5) is 16.2 Å². The van der Waals surface area contributed by atoms with E-state index in [2.05, 4.69) is 5.32 Å². The van der Waals surface area contributed by atoms with Crippen LogP contribution in [0.15, 0.2) is 66.7 Å². The van der Waals surface area contributed by atoms with E-state index in [1.54, 1.807) is 54.3 Å². The lowest BCUT2D eigenvalue weighted by Gasteiger charge is -2.23. The molecule has 3 aromatic carbocycles. The first-order valence-corrected chi connectivity index (χ1v) is 14.4. The number of benzene rings is 3. The molecular formula is C30H33Cl2N3O8. The summed E-state index contributed by atoms with van der Waals surface area (Å²) < 4.78 is 16.8. The number of hydrogen-bond acceptors (Lipinski definition) is 7. The third kappa shape index (κ3) is 11.6. The number of nitro benzene ring substituents is 1. The molecule has 3 rings (SSSR count). The Kier molecular flexibility index (Phi) is 13.3. The van der Waals surface area contributed by atoms with E-state index in [9.17, 15) is 24.8 Å². The second-order valence-corrected chi connectivity index (χ2v) is 10.2. The summed E-state index contributed by atoms with van der Waals surface area (Å²) in [6.45, 7) is 3.29. The monoisotopic (exact) mass is 633 g/mol. The van der Waals surface area contributed by atoms with Gasteiger partial charge in [0, 0.05) is 47.4 Å². The Morgan fingerprint density at radius 3 is 2.19 bits per heavy atom. The molecule has 0 heterocycles. The molecule has 3 aromatic rings. The second kappa shape index (κ2) is 17.2. The number of urea groups is 1. The summed E-state index contributed by atoms with van der Waals surface area (Å²) in [5, 5.41) is 23.9. The highest BCUT2D eigenvalue weighted by Gasteiger charge is 2.18. The van der Waals surface area contributed by atoms with Crippen molar-refractivity contribution >= 4 is 46.6 Å². The van der Waals surface area contributed by atoms with Gasteiger partial charge in [-0.15, -0.1) is 0 Å². The van der Waals surface area contributed by atoms with Crippen molar-refractivity contribution in [3.8, 4) is 11.5 Å². The predicted molar refractivity (Wildman–Crippen MR) is 164 cm³/mol. The lowest BCUT2D eigenvalue weighted by molar-refractivity contribution is -0.384. The van der Waals surface area contributed by atoms with Gasteiger partial charge >= 0.3 is 12.0 Å². The molecule has 0 aromatic heterocycles. The maximum absolute atomic E-state index is 13.1. The molecule has 2 amide bonds. The molecule has 230 valence electrons. The Balaban J connectivity index is 1.55. The fourth-order valence-electron chi connectivity index (χ4n) is 4.02. The van der Waals surface area contributed by atoms with Crippen molar-refractivity contribution in [1.82, 2.24) is 4.90 Å². The number of nitrogens with one attached hydrogen (secondary N) is 1. The topological polar surface area (TPSA) is 140 Å². The fourth-order valence-corrected chi connectivity index (χ4v) is 4.52. The van der Waals surface area contributed by atoms with Crippen molar-refractivity contribution in [3.05, 3.63) is 92.5 Å². The number of carboxylic acids is 1. The first kappa shape index (κ1) is 33.4. The van der Waals surface area contributed by atoms with Gasteiger partial charge in [0.1, 0.15) is 18.1 Å². The van der Waals surface area contributed by atoms with Gasteiger partial charge in [0.15, 0.2) is 6.10 Å². The highest BCUT2D eigenvalue weighted by Crippen LogP contribution is 2.24. The maximum Gasteiger partial charge on any atom is 0.333 e. The molecule has 0 saturated heterocycles. The second-order valence-electron chi connectivity index (χ2n) is 9.36. The van der Waals surface area contributed by atoms with E-state index in [0.29, 0.717) is 59.8 Å². The largest absolute Gasteiger partial charge is 0.493 e. The number of ether oxygens (including phenoxy) is 3. The van der Waals surface area contributed by atoms with Crippen LogP contribution in [-0.2, 0) is 16.0 Å². The van der Waals surface area contributed by atoms with Crippen molar-refractivity contribution in [2.24, 2.45) is 0 Å². The van der Waals surface area contributed by atoms with Crippen molar-refractivity contribution in [2.75, 3.05) is 38.2 Å². The molecule has 2 N–H and O–H groups in total. The molecule has 0 aliphatic carbocycles. The third-order valence-corrected chi connectivity index (χ3v) is 6.60. The van der Waals surface area contributed by atoms with Crippen LogP contribution in [0.2, 0.25) is 10.0 Å². The molecule has 0 aliphatic heterocycles. The van der Waals surface area contributed by atoms with Crippen LogP contribution in [0.1, 0.15) is 25.3 Å². The molecule has 0 fully saturated rings. The number of nitrogens with zero attached hydrogens (tertiary/aromatic N) is 2. The first-order chi connectivity index (χ1) is 20.6. The number of amides is 2. The maximum atomic E-state index is 13.1. The van der Waals surface area contributed by atoms with Gasteiger partial charge in [0.2, 0.25) is 0 Å². The Morgan fingerprint density at radius 1 is 0.930 bits per heavy atom. The first-order valence-electron chi connectivity index (χ1n) is 13.6. The zero-order valence-corrected chi connectivity index (χ0v) is 25.1. The minimum atomic E-state index is -1.02. The quantitative estimate of drug-likeness (QED) is 0.0949. The fraction of sp³-hybridized carbons (Fsp3) is 0.333. The third-order valence-electron chi connectivity index (χ3n) is 6.16. The van der Waals surface area contributed by atoms with Crippen LogP contribution in [-0.4, -0.2) is 65.9 Å². The summed E-state index contributed by atoms with van der Waals surface area (Å²) in [5.41, 5.74) is 1.14. The molecule has 1 unspecified atom stereocenters. The highest BCUT2D eigenvalue weighted by molar-refractivity contribution is 6.34. The van der Waals surface area contributed by atoms with Crippen LogP contribution >= 0.6 is 23.2 Å². The number of carbonyl (C=O) groups is 2. The van der Waals surface area contributed by atoms with Crippen LogP contribution < -0.4 is 14.8 Å². The summed E-state index contributed by atoms with van der Waals surface area (Å²) in [5.74, 6) is 0.104. The molecule has 0 saturated carbocycles. The van der Waals surface area contributed by atoms with Gasteiger partial charge < -0.3 is 29.5 Å². The molecule has 11 nitrogen and oxygen atoms in total. The highest BCUT2D eigenvalue weighted by atomic mass is 35.5. The number of halogens is 2. The van der Waals surface area contributed by atoms with Gasteiger partial charge in [-0.05, 0) is 67.8 Å². The molecular weight excluding hydrogens is 601 g/mol. The van der Waals surface area contributed by atoms with Crippen LogP contribution in [0.25, 0.3) is 0 Å². The van der Waals surface area contributed by atoms with Gasteiger partial charge in [-0.1, -0.05) is 35.3 Å². The lowest BCUT2D eigenvalue weighted by atomic mass is 10.1. The number of hydrogen-bond donors (Lipinski definition) is 2. The van der Waals surface area contributed by atoms with Crippen molar-refractivity contribution < 1.29 is 33.8 Å². The average molecular weight is 635 g/mol. The normalized spacial score (nSPS) is 11.4. The molecule has 0 radical (unpaired) electrons. The van der Waals surface area contributed by atoms with E-state index in [0.717, 1.165) is 5.56 Å². The molecule has 0 spiro atoms. The number of non-ortho nitro benzene ring substituents is 1. The number of carbonyl (C=O) groups excluding carboxylic acids is 1. The van der Waals surface area contributed by atoms with E-state index in [4.69, 9.17) is 37.4 Å². The van der Waals surface area contributed by atoms with Crippen molar-refractivity contribution in [1.29, 1.82) is 0 Å². The van der Waals surface area contributed by atoms with Crippen LogP contribution in [0, 0.1) is 10.1 Å². The SMILES string of the molecule is CCOC(Cc1ccc(OCCN(CCCCOc2cc(Cl)cc(Cl)c2)C(=O)Nc2ccc([N+](=O)[O-])cc2)cc1)C(=O)O. The standard InChI is InChI=1S/C30H33Cl2N3O8/c1-2-41-28(29(36)37)17-21-5-11-26(12-6-21)43-16-14-34(30(38)33-24-7-9-25(10-8-24)35(39)40)13-3-4-15-42-27-19-22(31)18-23(32)20-27/h5-12,18-20,28H,2-4,13-17H2,1H3,(H,33,38)(H,36,37). The van der Waals surface area contributed by atoms with Gasteiger partial charge in [-0.2, -0.15) is 0 Å². The molecule has 0 bridgehead atoms. The number of nitro groups is 1. The zero-order valence-electron chi connectivity index (χ0n) is 23.5. The van der Waals surface area contributed by atoms with Gasteiger partial charge in [-0.25, -0.2) is 9.59 Å². The summed E-state index contributed by atoms with van der Waals surface area (Å²) in [7, 11) is 0. The summed E-state index contributed by atoms with van der Waals surface area (Å²) in [4.78, 5) is 36.5. The van der Waals surface area contributed by atoms with E-state index in [-0.39, 0.29) is 31.3 Å². The summed E-state index contributed by atoms with van der Waals surface area (Å²) in [6.07, 6.45) is 0.579. The van der Waals surface area contributed by atoms with Gasteiger partial charge in [-0.3, -0.25) is 10.1 Å². The molecule has 43 heavy (non-hydrogen) atoms. The number of unbranched alkanes of at least 4 members (excludes halogenated alkanes) is 1.